The van der Waals surface area contributed by atoms with Gasteiger partial charge in [-0.2, -0.15) is 0 Å². The molecule has 38 heavy (non-hydrogen) atoms. The van der Waals surface area contributed by atoms with Crippen LogP contribution in [0.5, 0.6) is 5.75 Å². The van der Waals surface area contributed by atoms with Crippen molar-refractivity contribution in [3.63, 3.8) is 0 Å². The van der Waals surface area contributed by atoms with Gasteiger partial charge in [0, 0.05) is 17.6 Å². The number of phenolic OH excluding ortho intramolecular Hbond substituents is 1. The summed E-state index contributed by atoms with van der Waals surface area (Å²) in [4.78, 5) is 53.0. The fraction of sp³-hybridized carbons (Fsp3) is 0.630. The van der Waals surface area contributed by atoms with Crippen molar-refractivity contribution in [2.75, 3.05) is 19.8 Å². The fourth-order valence-electron chi connectivity index (χ4n) is 3.67. The molecule has 0 radical (unpaired) electrons. The zero-order valence-electron chi connectivity index (χ0n) is 23.7. The summed E-state index contributed by atoms with van der Waals surface area (Å²) in [6.45, 7) is 13.0. The number of nitrogens with one attached hydrogen (secondary N) is 2. The Morgan fingerprint density at radius 2 is 1.71 bits per heavy atom. The highest BCUT2D eigenvalue weighted by Gasteiger charge is 2.44. The minimum absolute atomic E-state index is 0.0606. The van der Waals surface area contributed by atoms with Crippen LogP contribution in [0.15, 0.2) is 18.2 Å². The Hall–Kier alpha value is -3.34. The van der Waals surface area contributed by atoms with Gasteiger partial charge in [0.1, 0.15) is 23.4 Å². The molecule has 1 aromatic carbocycles. The van der Waals surface area contributed by atoms with Crippen LogP contribution >= 0.6 is 0 Å². The number of carbonyl (C=O) groups excluding carboxylic acids is 4. The number of benzene rings is 1. The molecule has 0 fully saturated rings. The second-order valence-electron chi connectivity index (χ2n) is 10.5. The van der Waals surface area contributed by atoms with Crippen LogP contribution in [0.1, 0.15) is 78.5 Å². The van der Waals surface area contributed by atoms with Crippen molar-refractivity contribution in [1.82, 2.24) is 15.5 Å². The number of rotatable bonds is 12. The lowest BCUT2D eigenvalue weighted by Gasteiger charge is -2.44. The van der Waals surface area contributed by atoms with Gasteiger partial charge in [0.25, 0.3) is 0 Å². The molecular weight excluding hydrogens is 494 g/mol. The zero-order chi connectivity index (χ0) is 29.3. The third-order valence-corrected chi connectivity index (χ3v) is 5.93. The van der Waals surface area contributed by atoms with Crippen molar-refractivity contribution in [1.29, 1.82) is 0 Å². The minimum atomic E-state index is -1.43. The van der Waals surface area contributed by atoms with Crippen LogP contribution in [0.2, 0.25) is 0 Å². The molecule has 214 valence electrons. The Kier molecular flexibility index (Phi) is 12.0. The second kappa shape index (κ2) is 14.0. The summed E-state index contributed by atoms with van der Waals surface area (Å²) in [5, 5.41) is 26.0. The van der Waals surface area contributed by atoms with E-state index >= 15 is 0 Å². The zero-order valence-corrected chi connectivity index (χ0v) is 23.7. The van der Waals surface area contributed by atoms with E-state index in [2.05, 4.69) is 10.6 Å². The van der Waals surface area contributed by atoms with Gasteiger partial charge in [-0.05, 0) is 60.5 Å². The van der Waals surface area contributed by atoms with Gasteiger partial charge in [0.05, 0.1) is 19.6 Å². The first-order valence-electron chi connectivity index (χ1n) is 12.7. The van der Waals surface area contributed by atoms with Crippen LogP contribution in [0.4, 0.5) is 4.79 Å². The molecule has 11 heteroatoms. The van der Waals surface area contributed by atoms with E-state index in [1.165, 1.54) is 11.0 Å². The summed E-state index contributed by atoms with van der Waals surface area (Å²) in [5.41, 5.74) is -1.18. The predicted octanol–water partition coefficient (Wildman–Crippen LogP) is 2.71. The maximum atomic E-state index is 13.9. The number of amides is 3. The van der Waals surface area contributed by atoms with E-state index in [9.17, 15) is 29.4 Å². The number of hydrogen-bond donors (Lipinski definition) is 4. The van der Waals surface area contributed by atoms with Crippen LogP contribution < -0.4 is 10.6 Å². The molecule has 3 amide bonds. The summed E-state index contributed by atoms with van der Waals surface area (Å²) in [6.07, 6.45) is -0.605. The van der Waals surface area contributed by atoms with Gasteiger partial charge in [-0.3, -0.25) is 14.4 Å². The largest absolute Gasteiger partial charge is 0.507 e. The number of ether oxygens (including phenoxy) is 2. The molecule has 0 heterocycles. The normalized spacial score (nSPS) is 13.2. The van der Waals surface area contributed by atoms with Crippen molar-refractivity contribution in [2.24, 2.45) is 0 Å². The monoisotopic (exact) mass is 537 g/mol. The van der Waals surface area contributed by atoms with Crippen molar-refractivity contribution in [2.45, 2.75) is 91.5 Å². The van der Waals surface area contributed by atoms with Crippen LogP contribution in [-0.2, 0) is 23.9 Å². The Balaban J connectivity index is 3.54. The number of alkyl carbamates (subject to hydrolysis) is 1. The van der Waals surface area contributed by atoms with Crippen molar-refractivity contribution >= 4 is 23.9 Å². The topological polar surface area (TPSA) is 154 Å². The minimum Gasteiger partial charge on any atom is -0.507 e. The first-order chi connectivity index (χ1) is 17.6. The van der Waals surface area contributed by atoms with E-state index in [0.29, 0.717) is 12.0 Å². The number of aliphatic hydroxyl groups excluding tert-OH is 1. The number of aromatic hydroxyl groups is 1. The molecule has 0 spiro atoms. The predicted molar refractivity (Wildman–Crippen MR) is 141 cm³/mol. The van der Waals surface area contributed by atoms with E-state index < -0.39 is 53.7 Å². The number of aryl methyl sites for hydroxylation is 1. The molecule has 0 aliphatic rings. The van der Waals surface area contributed by atoms with Gasteiger partial charge in [0.2, 0.25) is 11.8 Å². The van der Waals surface area contributed by atoms with Crippen LogP contribution in [-0.4, -0.2) is 75.9 Å². The Labute approximate surface area is 224 Å². The van der Waals surface area contributed by atoms with Gasteiger partial charge in [-0.1, -0.05) is 25.1 Å². The lowest BCUT2D eigenvalue weighted by Crippen LogP contribution is -2.60. The molecule has 4 N–H and O–H groups in total. The molecule has 0 saturated carbocycles. The van der Waals surface area contributed by atoms with Crippen molar-refractivity contribution in [3.05, 3.63) is 29.3 Å². The summed E-state index contributed by atoms with van der Waals surface area (Å²) in [5.74, 6) is -2.08. The van der Waals surface area contributed by atoms with Gasteiger partial charge in [-0.25, -0.2) is 4.79 Å². The molecule has 0 aliphatic carbocycles. The van der Waals surface area contributed by atoms with Gasteiger partial charge >= 0.3 is 12.1 Å². The molecule has 2 atom stereocenters. The Bertz CT molecular complexity index is 987. The lowest BCUT2D eigenvalue weighted by atomic mass is 9.91. The van der Waals surface area contributed by atoms with E-state index in [0.717, 1.165) is 0 Å². The third-order valence-electron chi connectivity index (χ3n) is 5.93. The summed E-state index contributed by atoms with van der Waals surface area (Å²) < 4.78 is 10.1. The molecule has 1 aromatic rings. The molecule has 2 unspecified atom stereocenters. The summed E-state index contributed by atoms with van der Waals surface area (Å²) in [6, 6.07) is 2.05. The van der Waals surface area contributed by atoms with E-state index in [1.54, 1.807) is 60.6 Å². The van der Waals surface area contributed by atoms with Crippen LogP contribution in [0, 0.1) is 6.92 Å². The first kappa shape index (κ1) is 32.7. The molecule has 0 saturated heterocycles. The second-order valence-corrected chi connectivity index (χ2v) is 10.5. The number of aliphatic hydroxyl groups is 1. The van der Waals surface area contributed by atoms with Crippen molar-refractivity contribution < 1.29 is 38.9 Å². The van der Waals surface area contributed by atoms with E-state index in [4.69, 9.17) is 9.47 Å². The van der Waals surface area contributed by atoms with Crippen LogP contribution in [0.25, 0.3) is 0 Å². The lowest BCUT2D eigenvalue weighted by molar-refractivity contribution is -0.150. The maximum absolute atomic E-state index is 13.9. The highest BCUT2D eigenvalue weighted by atomic mass is 16.6. The molecule has 0 aliphatic heterocycles. The maximum Gasteiger partial charge on any atom is 0.408 e. The average Bonchev–Trinajstić information content (AvgIpc) is 2.81. The van der Waals surface area contributed by atoms with Crippen molar-refractivity contribution in [3.8, 4) is 5.75 Å². The molecule has 1 rings (SSSR count). The van der Waals surface area contributed by atoms with E-state index in [-0.39, 0.29) is 30.9 Å². The standard InChI is InChI=1S/C27H43N3O8/c1-9-27(7,8)30(24(35)19(16-31)29-25(36)38-26(4,5)6)21(18-13-11-12-17(3)22(18)33)23(34)28-15-14-20(32)37-10-2/h11-13,19,21,31,33H,9-10,14-16H2,1-8H3,(H,28,34)(H,29,36). The Morgan fingerprint density at radius 1 is 1.08 bits per heavy atom. The highest BCUT2D eigenvalue weighted by Crippen LogP contribution is 2.37. The van der Waals surface area contributed by atoms with Gasteiger partial charge < -0.3 is 35.2 Å². The first-order valence-corrected chi connectivity index (χ1v) is 12.7. The van der Waals surface area contributed by atoms with Crippen LogP contribution in [0.3, 0.4) is 0 Å². The molecule has 11 nitrogen and oxygen atoms in total. The molecular formula is C27H43N3O8. The number of hydrogen-bond acceptors (Lipinski definition) is 8. The van der Waals surface area contributed by atoms with Gasteiger partial charge in [0.15, 0.2) is 0 Å². The fourth-order valence-corrected chi connectivity index (χ4v) is 3.67. The molecule has 0 bridgehead atoms. The SMILES string of the molecule is CCOC(=O)CCNC(=O)C(c1cccc(C)c1O)N(C(=O)C(CO)NC(=O)OC(C)(C)C)C(C)(C)CC. The highest BCUT2D eigenvalue weighted by molar-refractivity contribution is 5.93. The smallest absolute Gasteiger partial charge is 0.408 e. The third kappa shape index (κ3) is 9.20. The summed E-state index contributed by atoms with van der Waals surface area (Å²) in [7, 11) is 0. The Morgan fingerprint density at radius 3 is 2.24 bits per heavy atom. The summed E-state index contributed by atoms with van der Waals surface area (Å²) >= 11 is 0. The molecule has 0 aromatic heterocycles. The van der Waals surface area contributed by atoms with Gasteiger partial charge in [-0.15, -0.1) is 0 Å². The number of carbonyl (C=O) groups is 4. The van der Waals surface area contributed by atoms with E-state index in [1.807, 2.05) is 6.92 Å². The number of para-hydroxylation sites is 1. The number of nitrogens with zero attached hydrogens (tertiary/aromatic N) is 1. The average molecular weight is 538 g/mol. The quantitative estimate of drug-likeness (QED) is 0.297. The number of esters is 1. The number of phenols is 1.